The maximum absolute atomic E-state index is 5.92. The second kappa shape index (κ2) is 11.5. The van der Waals surface area contributed by atoms with Gasteiger partial charge in [0.05, 0.1) is 6.54 Å². The first-order valence-corrected chi connectivity index (χ1v) is 10.6. The lowest BCUT2D eigenvalue weighted by Gasteiger charge is -2.40. The fourth-order valence-corrected chi connectivity index (χ4v) is 3.52. The molecule has 0 bridgehead atoms. The average molecular weight is 410 g/mol. The summed E-state index contributed by atoms with van der Waals surface area (Å²) in [5.41, 5.74) is 0. The quantitative estimate of drug-likeness (QED) is 0.510. The van der Waals surface area contributed by atoms with Crippen LogP contribution in [-0.4, -0.2) is 81.3 Å². The van der Waals surface area contributed by atoms with Crippen molar-refractivity contribution < 1.29 is 4.74 Å². The first-order chi connectivity index (χ1) is 13.4. The molecule has 2 N–H and O–H groups in total. The fourth-order valence-electron chi connectivity index (χ4n) is 3.39. The molecule has 1 aromatic carbocycles. The largest absolute Gasteiger partial charge is 0.489 e. The van der Waals surface area contributed by atoms with Crippen molar-refractivity contribution in [2.24, 2.45) is 10.9 Å². The molecule has 1 heterocycles. The van der Waals surface area contributed by atoms with Gasteiger partial charge in [-0.15, -0.1) is 0 Å². The molecular formula is C21H36ClN5O. The van der Waals surface area contributed by atoms with Gasteiger partial charge in [0.1, 0.15) is 11.9 Å². The van der Waals surface area contributed by atoms with Crippen LogP contribution in [0, 0.1) is 5.92 Å². The fraction of sp³-hybridized carbons (Fsp3) is 0.667. The molecule has 0 spiro atoms. The lowest BCUT2D eigenvalue weighted by atomic mass is 10.0. The molecule has 0 aliphatic carbocycles. The van der Waals surface area contributed by atoms with E-state index >= 15 is 0 Å². The highest BCUT2D eigenvalue weighted by atomic mass is 35.5. The van der Waals surface area contributed by atoms with Crippen LogP contribution in [0.25, 0.3) is 0 Å². The third kappa shape index (κ3) is 7.49. The summed E-state index contributed by atoms with van der Waals surface area (Å²) in [5, 5.41) is 7.57. The molecule has 158 valence electrons. The molecular weight excluding hydrogens is 374 g/mol. The maximum Gasteiger partial charge on any atom is 0.191 e. The van der Waals surface area contributed by atoms with E-state index in [0.29, 0.717) is 23.5 Å². The van der Waals surface area contributed by atoms with Gasteiger partial charge in [-0.3, -0.25) is 9.89 Å². The van der Waals surface area contributed by atoms with Gasteiger partial charge in [0.2, 0.25) is 0 Å². The van der Waals surface area contributed by atoms with Gasteiger partial charge in [-0.2, -0.15) is 0 Å². The minimum atomic E-state index is 0.0123. The summed E-state index contributed by atoms with van der Waals surface area (Å²) in [4.78, 5) is 9.35. The predicted molar refractivity (Wildman–Crippen MR) is 119 cm³/mol. The zero-order valence-electron chi connectivity index (χ0n) is 17.9. The number of rotatable bonds is 8. The van der Waals surface area contributed by atoms with Gasteiger partial charge in [-0.1, -0.05) is 25.4 Å². The molecule has 6 nitrogen and oxygen atoms in total. The second-order valence-electron chi connectivity index (χ2n) is 7.87. The Labute approximate surface area is 175 Å². The number of nitrogens with one attached hydrogen (secondary N) is 2. The van der Waals surface area contributed by atoms with Crippen molar-refractivity contribution in [1.82, 2.24) is 20.4 Å². The van der Waals surface area contributed by atoms with E-state index in [-0.39, 0.29) is 6.10 Å². The number of hydrogen-bond donors (Lipinski definition) is 2. The van der Waals surface area contributed by atoms with Gasteiger partial charge in [0, 0.05) is 50.8 Å². The average Bonchev–Trinajstić information content (AvgIpc) is 2.67. The number of benzene rings is 1. The minimum Gasteiger partial charge on any atom is -0.489 e. The number of nitrogens with zero attached hydrogens (tertiary/aromatic N) is 3. The summed E-state index contributed by atoms with van der Waals surface area (Å²) in [6, 6.07) is 7.93. The van der Waals surface area contributed by atoms with E-state index in [0.717, 1.165) is 44.4 Å². The molecule has 1 fully saturated rings. The van der Waals surface area contributed by atoms with E-state index in [1.54, 1.807) is 7.05 Å². The molecule has 1 aromatic rings. The predicted octanol–water partition coefficient (Wildman–Crippen LogP) is 2.54. The van der Waals surface area contributed by atoms with Crippen LogP contribution in [0.5, 0.6) is 5.75 Å². The van der Waals surface area contributed by atoms with Crippen LogP contribution >= 0.6 is 11.6 Å². The van der Waals surface area contributed by atoms with Gasteiger partial charge in [0.15, 0.2) is 5.96 Å². The highest BCUT2D eigenvalue weighted by Gasteiger charge is 2.25. The Morgan fingerprint density at radius 2 is 1.68 bits per heavy atom. The zero-order chi connectivity index (χ0) is 20.5. The third-order valence-corrected chi connectivity index (χ3v) is 5.44. The van der Waals surface area contributed by atoms with E-state index < -0.39 is 0 Å². The van der Waals surface area contributed by atoms with Crippen LogP contribution in [0.2, 0.25) is 5.02 Å². The van der Waals surface area contributed by atoms with E-state index in [2.05, 4.69) is 46.3 Å². The number of guanidine groups is 1. The van der Waals surface area contributed by atoms with E-state index in [9.17, 15) is 0 Å². The summed E-state index contributed by atoms with van der Waals surface area (Å²) in [5.74, 6) is 2.21. The van der Waals surface area contributed by atoms with Crippen LogP contribution in [-0.2, 0) is 0 Å². The maximum atomic E-state index is 5.92. The summed E-state index contributed by atoms with van der Waals surface area (Å²) < 4.78 is 5.92. The zero-order valence-corrected chi connectivity index (χ0v) is 18.7. The lowest BCUT2D eigenvalue weighted by Crippen LogP contribution is -2.55. The summed E-state index contributed by atoms with van der Waals surface area (Å²) in [7, 11) is 4.00. The van der Waals surface area contributed by atoms with E-state index in [1.165, 1.54) is 0 Å². The van der Waals surface area contributed by atoms with Crippen LogP contribution in [0.4, 0.5) is 0 Å². The highest BCUT2D eigenvalue weighted by molar-refractivity contribution is 6.30. The smallest absolute Gasteiger partial charge is 0.191 e. The van der Waals surface area contributed by atoms with Gasteiger partial charge in [0.25, 0.3) is 0 Å². The van der Waals surface area contributed by atoms with Crippen molar-refractivity contribution in [3.63, 3.8) is 0 Å². The van der Waals surface area contributed by atoms with E-state index in [4.69, 9.17) is 16.3 Å². The lowest BCUT2D eigenvalue weighted by molar-refractivity contribution is 0.0899. The number of ether oxygens (including phenoxy) is 1. The van der Waals surface area contributed by atoms with Crippen molar-refractivity contribution in [2.75, 3.05) is 53.4 Å². The topological polar surface area (TPSA) is 52.1 Å². The number of halogens is 1. The molecule has 0 saturated carbocycles. The van der Waals surface area contributed by atoms with Crippen molar-refractivity contribution in [1.29, 1.82) is 0 Å². The molecule has 2 unspecified atom stereocenters. The van der Waals surface area contributed by atoms with Crippen LogP contribution in [0.3, 0.4) is 0 Å². The standard InChI is InChI=1S/C21H36ClN5O/c1-16(2)20(27-12-10-26(5)11-13-27)15-25-21(23-4)24-14-17(3)28-19-8-6-18(22)7-9-19/h6-9,16-17,20H,10-15H2,1-5H3,(H2,23,24,25). The first-order valence-electron chi connectivity index (χ1n) is 10.2. The van der Waals surface area contributed by atoms with Gasteiger partial charge >= 0.3 is 0 Å². The Balaban J connectivity index is 1.78. The normalized spacial score (nSPS) is 18.8. The monoisotopic (exact) mass is 409 g/mol. The molecule has 1 saturated heterocycles. The molecule has 1 aliphatic rings. The Morgan fingerprint density at radius 1 is 1.07 bits per heavy atom. The Bertz CT molecular complexity index is 599. The third-order valence-electron chi connectivity index (χ3n) is 5.19. The first kappa shape index (κ1) is 22.8. The summed E-state index contributed by atoms with van der Waals surface area (Å²) >= 11 is 5.92. The number of piperazine rings is 1. The molecule has 0 amide bonds. The summed E-state index contributed by atoms with van der Waals surface area (Å²) in [6.45, 7) is 12.7. The SMILES string of the molecule is CN=C(NCC(C)Oc1ccc(Cl)cc1)NCC(C(C)C)N1CCN(C)CC1. The Hall–Kier alpha value is -1.50. The van der Waals surface area contributed by atoms with Gasteiger partial charge in [-0.05, 0) is 44.2 Å². The molecule has 7 heteroatoms. The van der Waals surface area contributed by atoms with Crippen molar-refractivity contribution in [2.45, 2.75) is 32.9 Å². The molecule has 2 atom stereocenters. The van der Waals surface area contributed by atoms with Gasteiger partial charge in [-0.25, -0.2) is 0 Å². The molecule has 0 aromatic heterocycles. The van der Waals surface area contributed by atoms with Gasteiger partial charge < -0.3 is 20.3 Å². The molecule has 2 rings (SSSR count). The molecule has 0 radical (unpaired) electrons. The van der Waals surface area contributed by atoms with Crippen LogP contribution < -0.4 is 15.4 Å². The van der Waals surface area contributed by atoms with Crippen molar-refractivity contribution in [3.05, 3.63) is 29.3 Å². The van der Waals surface area contributed by atoms with E-state index in [1.807, 2.05) is 31.2 Å². The second-order valence-corrected chi connectivity index (χ2v) is 8.30. The number of hydrogen-bond acceptors (Lipinski definition) is 4. The molecule has 1 aliphatic heterocycles. The Morgan fingerprint density at radius 3 is 2.25 bits per heavy atom. The number of likely N-dealkylation sites (N-methyl/N-ethyl adjacent to an activating group) is 1. The van der Waals surface area contributed by atoms with Crippen LogP contribution in [0.15, 0.2) is 29.3 Å². The van der Waals surface area contributed by atoms with Crippen molar-refractivity contribution in [3.8, 4) is 5.75 Å². The molecule has 28 heavy (non-hydrogen) atoms. The number of aliphatic imine (C=N–C) groups is 1. The Kier molecular flexibility index (Phi) is 9.35. The van der Waals surface area contributed by atoms with Crippen LogP contribution in [0.1, 0.15) is 20.8 Å². The highest BCUT2D eigenvalue weighted by Crippen LogP contribution is 2.16. The minimum absolute atomic E-state index is 0.0123. The summed E-state index contributed by atoms with van der Waals surface area (Å²) in [6.07, 6.45) is 0.0123. The van der Waals surface area contributed by atoms with Crippen molar-refractivity contribution >= 4 is 17.6 Å².